The number of guanidine groups is 1. The zero-order valence-electron chi connectivity index (χ0n) is 13.3. The molecular weight excluding hydrogens is 437 g/mol. The molecule has 4 N–H and O–H groups in total. The fourth-order valence-electron chi connectivity index (χ4n) is 2.94. The number of nitrogens with zero attached hydrogens (tertiary/aromatic N) is 2. The fraction of sp³-hybridized carbons (Fsp3) is 0.250. The molecule has 26 heavy (non-hydrogen) atoms. The van der Waals surface area contributed by atoms with Crippen molar-refractivity contribution in [2.45, 2.75) is 24.9 Å². The lowest BCUT2D eigenvalue weighted by Gasteiger charge is -2.24. The van der Waals surface area contributed by atoms with E-state index in [1.165, 1.54) is 0 Å². The molecule has 1 atom stereocenters. The van der Waals surface area contributed by atoms with Crippen LogP contribution in [-0.2, 0) is 12.6 Å². The van der Waals surface area contributed by atoms with Crippen LogP contribution in [0.5, 0.6) is 0 Å². The third-order valence-electron chi connectivity index (χ3n) is 3.96. The molecule has 0 aliphatic heterocycles. The topological polar surface area (TPSA) is 89.9 Å². The van der Waals surface area contributed by atoms with Gasteiger partial charge in [0.15, 0.2) is 0 Å². The Hall–Kier alpha value is -2.00. The number of benzene rings is 1. The summed E-state index contributed by atoms with van der Waals surface area (Å²) >= 11 is 3.47. The van der Waals surface area contributed by atoms with Gasteiger partial charge in [-0.3, -0.25) is 0 Å². The van der Waals surface area contributed by atoms with E-state index in [0.29, 0.717) is 6.42 Å². The summed E-state index contributed by atoms with van der Waals surface area (Å²) in [5.41, 5.74) is 10.7. The molecule has 1 aliphatic carbocycles. The van der Waals surface area contributed by atoms with E-state index in [9.17, 15) is 13.2 Å². The molecule has 1 aromatic heterocycles. The molecule has 1 unspecified atom stereocenters. The molecule has 140 valence electrons. The van der Waals surface area contributed by atoms with Crippen LogP contribution in [-0.4, -0.2) is 11.7 Å². The van der Waals surface area contributed by atoms with Gasteiger partial charge in [0.2, 0.25) is 5.96 Å². The first kappa shape index (κ1) is 20.3. The second-order valence-corrected chi connectivity index (χ2v) is 6.50. The molecule has 2 aromatic rings. The molecule has 5 nitrogen and oxygen atoms in total. The summed E-state index contributed by atoms with van der Waals surface area (Å²) in [6.45, 7) is 0. The summed E-state index contributed by atoms with van der Waals surface area (Å²) < 4.78 is 45.9. The van der Waals surface area contributed by atoms with Crippen molar-refractivity contribution in [1.82, 2.24) is 0 Å². The summed E-state index contributed by atoms with van der Waals surface area (Å²) in [5.74, 6) is -0.207. The third-order valence-corrected chi connectivity index (χ3v) is 4.69. The maximum absolute atomic E-state index is 13.3. The van der Waals surface area contributed by atoms with Crippen LogP contribution < -0.4 is 11.5 Å². The SMILES string of the molecule is Cl.NC(N)=N/N=C1/CC(c2ccccc2Br)Cc2occ(C(F)(F)F)c21. The Morgan fingerprint density at radius 1 is 1.19 bits per heavy atom. The van der Waals surface area contributed by atoms with Gasteiger partial charge < -0.3 is 15.9 Å². The van der Waals surface area contributed by atoms with E-state index in [-0.39, 0.29) is 47.7 Å². The first-order valence-electron chi connectivity index (χ1n) is 7.35. The Balaban J connectivity index is 0.00000243. The molecule has 1 aliphatic rings. The third kappa shape index (κ3) is 4.04. The second-order valence-electron chi connectivity index (χ2n) is 5.64. The average Bonchev–Trinajstić information content (AvgIpc) is 2.97. The van der Waals surface area contributed by atoms with Gasteiger partial charge in [-0.25, -0.2) is 0 Å². The highest BCUT2D eigenvalue weighted by molar-refractivity contribution is 9.10. The average molecular weight is 452 g/mol. The van der Waals surface area contributed by atoms with Gasteiger partial charge in [0.25, 0.3) is 0 Å². The minimum Gasteiger partial charge on any atom is -0.468 e. The van der Waals surface area contributed by atoms with Crippen molar-refractivity contribution in [1.29, 1.82) is 0 Å². The molecule has 1 aromatic carbocycles. The van der Waals surface area contributed by atoms with Crippen molar-refractivity contribution < 1.29 is 17.6 Å². The lowest BCUT2D eigenvalue weighted by atomic mass is 9.81. The van der Waals surface area contributed by atoms with E-state index in [0.717, 1.165) is 16.3 Å². The predicted octanol–water partition coefficient (Wildman–Crippen LogP) is 4.19. The van der Waals surface area contributed by atoms with Crippen LogP contribution in [0.25, 0.3) is 0 Å². The standard InChI is InChI=1S/C16H14BrF3N4O.ClH/c17-11-4-2-1-3-9(11)8-5-12(23-24-15(21)22)14-10(16(18,19)20)7-25-13(14)6-8;/h1-4,7-8H,5-6H2,(H4,21,22,24);1H/b23-12-;. The van der Waals surface area contributed by atoms with Crippen molar-refractivity contribution in [3.8, 4) is 0 Å². The van der Waals surface area contributed by atoms with Crippen LogP contribution in [0.4, 0.5) is 13.2 Å². The van der Waals surface area contributed by atoms with Gasteiger partial charge in [0.05, 0.1) is 11.3 Å². The molecule has 0 radical (unpaired) electrons. The van der Waals surface area contributed by atoms with Crippen molar-refractivity contribution in [3.05, 3.63) is 57.5 Å². The smallest absolute Gasteiger partial charge is 0.420 e. The Morgan fingerprint density at radius 2 is 1.88 bits per heavy atom. The second kappa shape index (κ2) is 7.71. The summed E-state index contributed by atoms with van der Waals surface area (Å²) in [5, 5.41) is 7.40. The summed E-state index contributed by atoms with van der Waals surface area (Å²) in [6.07, 6.45) is -3.24. The summed E-state index contributed by atoms with van der Waals surface area (Å²) in [7, 11) is 0. The quantitative estimate of drug-likeness (QED) is 0.407. The van der Waals surface area contributed by atoms with E-state index < -0.39 is 11.7 Å². The molecule has 0 bridgehead atoms. The number of fused-ring (bicyclic) bond motifs is 1. The first-order valence-corrected chi connectivity index (χ1v) is 8.14. The van der Waals surface area contributed by atoms with Gasteiger partial charge in [-0.05, 0) is 24.0 Å². The van der Waals surface area contributed by atoms with Gasteiger partial charge >= 0.3 is 6.18 Å². The van der Waals surface area contributed by atoms with E-state index in [2.05, 4.69) is 26.1 Å². The van der Waals surface area contributed by atoms with E-state index in [4.69, 9.17) is 15.9 Å². The minimum atomic E-state index is -4.55. The highest BCUT2D eigenvalue weighted by Gasteiger charge is 2.41. The molecule has 0 amide bonds. The van der Waals surface area contributed by atoms with E-state index in [1.807, 2.05) is 24.3 Å². The Morgan fingerprint density at radius 3 is 2.50 bits per heavy atom. The van der Waals surface area contributed by atoms with Gasteiger partial charge in [0, 0.05) is 10.9 Å². The fourth-order valence-corrected chi connectivity index (χ4v) is 3.55. The molecular formula is C16H15BrClF3N4O. The lowest BCUT2D eigenvalue weighted by molar-refractivity contribution is -0.138. The van der Waals surface area contributed by atoms with Crippen LogP contribution in [0, 0.1) is 0 Å². The van der Waals surface area contributed by atoms with Gasteiger partial charge in [-0.1, -0.05) is 34.1 Å². The first-order chi connectivity index (χ1) is 11.8. The van der Waals surface area contributed by atoms with Crippen LogP contribution in [0.1, 0.15) is 34.8 Å². The molecule has 3 rings (SSSR count). The van der Waals surface area contributed by atoms with Crippen molar-refractivity contribution in [3.63, 3.8) is 0 Å². The highest BCUT2D eigenvalue weighted by Crippen LogP contribution is 2.42. The molecule has 0 saturated carbocycles. The van der Waals surface area contributed by atoms with Crippen molar-refractivity contribution >= 4 is 40.0 Å². The number of rotatable bonds is 2. The van der Waals surface area contributed by atoms with Crippen LogP contribution >= 0.6 is 28.3 Å². The Labute approximate surface area is 161 Å². The summed E-state index contributed by atoms with van der Waals surface area (Å²) in [6, 6.07) is 7.52. The number of furan rings is 1. The van der Waals surface area contributed by atoms with Crippen molar-refractivity contribution in [2.24, 2.45) is 21.7 Å². The zero-order chi connectivity index (χ0) is 18.2. The summed E-state index contributed by atoms with van der Waals surface area (Å²) in [4.78, 5) is 0. The van der Waals surface area contributed by atoms with Crippen LogP contribution in [0.15, 0.2) is 49.6 Å². The molecule has 0 fully saturated rings. The normalized spacial score (nSPS) is 18.2. The van der Waals surface area contributed by atoms with E-state index in [1.54, 1.807) is 0 Å². The Bertz CT molecular complexity index is 859. The van der Waals surface area contributed by atoms with E-state index >= 15 is 0 Å². The maximum atomic E-state index is 13.3. The Kier molecular flexibility index (Phi) is 6.02. The highest BCUT2D eigenvalue weighted by atomic mass is 79.9. The lowest BCUT2D eigenvalue weighted by Crippen LogP contribution is -2.24. The largest absolute Gasteiger partial charge is 0.468 e. The van der Waals surface area contributed by atoms with Gasteiger partial charge in [-0.15, -0.1) is 17.5 Å². The van der Waals surface area contributed by atoms with Crippen LogP contribution in [0.2, 0.25) is 0 Å². The molecule has 1 heterocycles. The molecule has 0 saturated heterocycles. The number of hydrogen-bond acceptors (Lipinski definition) is 3. The van der Waals surface area contributed by atoms with Gasteiger partial charge in [0.1, 0.15) is 17.6 Å². The number of nitrogens with two attached hydrogens (primary N) is 2. The van der Waals surface area contributed by atoms with Crippen molar-refractivity contribution in [2.75, 3.05) is 0 Å². The van der Waals surface area contributed by atoms with Crippen LogP contribution in [0.3, 0.4) is 0 Å². The number of hydrogen-bond donors (Lipinski definition) is 2. The predicted molar refractivity (Wildman–Crippen MR) is 98.5 cm³/mol. The number of alkyl halides is 3. The molecule has 0 spiro atoms. The minimum absolute atomic E-state index is 0. The zero-order valence-corrected chi connectivity index (χ0v) is 15.7. The monoisotopic (exact) mass is 450 g/mol. The van der Waals surface area contributed by atoms with Gasteiger partial charge in [-0.2, -0.15) is 18.3 Å². The number of halogens is 5. The maximum Gasteiger partial charge on any atom is 0.420 e. The molecule has 10 heteroatoms.